The molecule has 55 valence electrons. The first-order valence-electron chi connectivity index (χ1n) is 3.06. The zero-order valence-electron chi connectivity index (χ0n) is 5.64. The summed E-state index contributed by atoms with van der Waals surface area (Å²) < 4.78 is 0. The predicted octanol–water partition coefficient (Wildman–Crippen LogP) is -0.489. The Balaban J connectivity index is 2.30. The van der Waals surface area contributed by atoms with Crippen molar-refractivity contribution in [2.75, 3.05) is 13.2 Å². The smallest absolute Gasteiger partial charge is 0.113 e. The minimum atomic E-state index is -0.570. The number of aliphatic hydroxyl groups is 1. The van der Waals surface area contributed by atoms with Crippen LogP contribution in [0.2, 0.25) is 0 Å². The van der Waals surface area contributed by atoms with Crippen molar-refractivity contribution in [1.82, 2.24) is 4.90 Å². The molecule has 0 aromatic carbocycles. The third-order valence-electron chi connectivity index (χ3n) is 1.09. The van der Waals surface area contributed by atoms with Crippen LogP contribution >= 0.6 is 0 Å². The summed E-state index contributed by atoms with van der Waals surface area (Å²) in [5.74, 6) is 0. The summed E-state index contributed by atoms with van der Waals surface area (Å²) in [6.45, 7) is 4.49. The molecule has 0 aliphatic carbocycles. The van der Waals surface area contributed by atoms with Gasteiger partial charge in [-0.15, -0.1) is 0 Å². The normalized spacial score (nSPS) is 19.6. The third-order valence-corrected chi connectivity index (χ3v) is 1.09. The van der Waals surface area contributed by atoms with Crippen LogP contribution in [0.4, 0.5) is 0 Å². The summed E-state index contributed by atoms with van der Waals surface area (Å²) in [5, 5.41) is 8.84. The van der Waals surface area contributed by atoms with Gasteiger partial charge in [0.15, 0.2) is 0 Å². The summed E-state index contributed by atoms with van der Waals surface area (Å²) in [6.07, 6.45) is 2.56. The Hall–Kier alpha value is -0.900. The Bertz CT molecular complexity index is 153. The van der Waals surface area contributed by atoms with Crippen molar-refractivity contribution in [3.63, 3.8) is 0 Å². The Morgan fingerprint density at radius 1 is 1.80 bits per heavy atom. The van der Waals surface area contributed by atoms with Crippen LogP contribution in [0.15, 0.2) is 9.98 Å². The van der Waals surface area contributed by atoms with Gasteiger partial charge in [0.2, 0.25) is 0 Å². The molecule has 0 aromatic rings. The van der Waals surface area contributed by atoms with Gasteiger partial charge in [-0.3, -0.25) is 4.99 Å². The Morgan fingerprint density at radius 3 is 3.10 bits per heavy atom. The first kappa shape index (κ1) is 7.21. The van der Waals surface area contributed by atoms with Crippen LogP contribution < -0.4 is 0 Å². The maximum absolute atomic E-state index is 8.84. The van der Waals surface area contributed by atoms with E-state index in [0.29, 0.717) is 13.2 Å². The summed E-state index contributed by atoms with van der Waals surface area (Å²) in [4.78, 5) is 9.45. The average molecular weight is 140 g/mol. The molecule has 1 rings (SSSR count). The van der Waals surface area contributed by atoms with Gasteiger partial charge in [0, 0.05) is 6.54 Å². The monoisotopic (exact) mass is 140 g/mol. The van der Waals surface area contributed by atoms with E-state index in [1.807, 2.05) is 0 Å². The lowest BCUT2D eigenvalue weighted by Gasteiger charge is -2.19. The Kier molecular flexibility index (Phi) is 2.39. The molecule has 4 heteroatoms. The van der Waals surface area contributed by atoms with Gasteiger partial charge in [0.1, 0.15) is 13.0 Å². The third kappa shape index (κ3) is 2.14. The molecule has 1 atom stereocenters. The summed E-state index contributed by atoms with van der Waals surface area (Å²) >= 11 is 0. The fraction of sp³-hybridized carbons (Fsp3) is 0.500. The molecule has 0 saturated heterocycles. The average Bonchev–Trinajstić information content (AvgIpc) is 1.88. The van der Waals surface area contributed by atoms with Crippen molar-refractivity contribution < 1.29 is 5.11 Å². The molecule has 1 unspecified atom stereocenters. The second-order valence-electron chi connectivity index (χ2n) is 2.13. The molecule has 0 fully saturated rings. The maximum Gasteiger partial charge on any atom is 0.113 e. The first-order chi connectivity index (χ1) is 4.79. The number of nitrogens with zero attached hydrogens (tertiary/aromatic N) is 3. The van der Waals surface area contributed by atoms with Crippen molar-refractivity contribution in [2.45, 2.75) is 6.10 Å². The molecule has 1 heterocycles. The van der Waals surface area contributed by atoms with E-state index >= 15 is 0 Å². The van der Waals surface area contributed by atoms with Crippen LogP contribution in [-0.4, -0.2) is 42.0 Å². The second kappa shape index (κ2) is 3.31. The van der Waals surface area contributed by atoms with E-state index in [2.05, 4.69) is 16.9 Å². The van der Waals surface area contributed by atoms with E-state index in [1.165, 1.54) is 6.34 Å². The lowest BCUT2D eigenvalue weighted by molar-refractivity contribution is 0.185. The van der Waals surface area contributed by atoms with Gasteiger partial charge in [0.05, 0.1) is 12.4 Å². The molecular weight excluding hydrogens is 130 g/mol. The molecule has 1 aliphatic rings. The number of hydrogen-bond acceptors (Lipinski definition) is 4. The molecular formula is C6H10N3O. The zero-order chi connectivity index (χ0) is 7.40. The molecule has 0 bridgehead atoms. The van der Waals surface area contributed by atoms with Crippen molar-refractivity contribution in [2.24, 2.45) is 9.98 Å². The number of β-amino-alcohol motifs (C(OH)–C–C–N with tert-alkyl or cyclic N) is 1. The van der Waals surface area contributed by atoms with Gasteiger partial charge in [-0.05, 0) is 6.92 Å². The minimum Gasteiger partial charge on any atom is -0.391 e. The Morgan fingerprint density at radius 2 is 2.60 bits per heavy atom. The highest BCUT2D eigenvalue weighted by atomic mass is 16.3. The first-order valence-corrected chi connectivity index (χ1v) is 3.06. The van der Waals surface area contributed by atoms with Crippen LogP contribution in [0, 0.1) is 6.92 Å². The molecule has 4 nitrogen and oxygen atoms in total. The minimum absolute atomic E-state index is 0.487. The predicted molar refractivity (Wildman–Crippen MR) is 39.9 cm³/mol. The molecule has 1 aliphatic heterocycles. The van der Waals surface area contributed by atoms with Gasteiger partial charge >= 0.3 is 0 Å². The summed E-state index contributed by atoms with van der Waals surface area (Å²) in [6, 6.07) is 0. The van der Waals surface area contributed by atoms with Crippen LogP contribution in [0.3, 0.4) is 0 Å². The highest BCUT2D eigenvalue weighted by molar-refractivity contribution is 5.72. The molecule has 0 amide bonds. The fourth-order valence-corrected chi connectivity index (χ4v) is 0.725. The topological polar surface area (TPSA) is 48.2 Å². The van der Waals surface area contributed by atoms with Crippen LogP contribution in [0.1, 0.15) is 0 Å². The summed E-state index contributed by atoms with van der Waals surface area (Å²) in [5.41, 5.74) is 0. The largest absolute Gasteiger partial charge is 0.391 e. The molecule has 0 aromatic heterocycles. The number of aliphatic imine (C=N–C) groups is 2. The molecule has 1 radical (unpaired) electrons. The van der Waals surface area contributed by atoms with E-state index in [0.717, 1.165) is 0 Å². The van der Waals surface area contributed by atoms with Crippen molar-refractivity contribution in [1.29, 1.82) is 0 Å². The maximum atomic E-state index is 8.84. The lowest BCUT2D eigenvalue weighted by Crippen LogP contribution is -2.31. The lowest BCUT2D eigenvalue weighted by atomic mass is 10.4. The SMILES string of the molecule is [CH2]C(O)CN1C=NC=NC1. The van der Waals surface area contributed by atoms with Crippen LogP contribution in [0.25, 0.3) is 0 Å². The van der Waals surface area contributed by atoms with E-state index in [9.17, 15) is 0 Å². The van der Waals surface area contributed by atoms with Gasteiger partial charge < -0.3 is 10.0 Å². The van der Waals surface area contributed by atoms with E-state index in [4.69, 9.17) is 5.11 Å². The molecule has 10 heavy (non-hydrogen) atoms. The number of hydrogen-bond donors (Lipinski definition) is 1. The van der Waals surface area contributed by atoms with Crippen molar-refractivity contribution >= 4 is 12.7 Å². The van der Waals surface area contributed by atoms with E-state index < -0.39 is 6.10 Å². The zero-order valence-corrected chi connectivity index (χ0v) is 5.64. The van der Waals surface area contributed by atoms with Gasteiger partial charge in [-0.1, -0.05) is 0 Å². The van der Waals surface area contributed by atoms with Crippen molar-refractivity contribution in [3.8, 4) is 0 Å². The molecule has 1 N–H and O–H groups in total. The number of aliphatic hydroxyl groups excluding tert-OH is 1. The van der Waals surface area contributed by atoms with Gasteiger partial charge in [0.25, 0.3) is 0 Å². The Labute approximate surface area is 59.9 Å². The van der Waals surface area contributed by atoms with Gasteiger partial charge in [-0.2, -0.15) is 0 Å². The van der Waals surface area contributed by atoms with E-state index in [-0.39, 0.29) is 0 Å². The van der Waals surface area contributed by atoms with Gasteiger partial charge in [-0.25, -0.2) is 4.99 Å². The highest BCUT2D eigenvalue weighted by Crippen LogP contribution is 1.91. The quantitative estimate of drug-likeness (QED) is 0.562. The second-order valence-corrected chi connectivity index (χ2v) is 2.13. The fourth-order valence-electron chi connectivity index (χ4n) is 0.725. The standard InChI is InChI=1S/C6H10N3O/c1-6(10)2-9-4-7-3-8-5-9/h3-4,6,10H,1-2,5H2. The molecule has 0 saturated carbocycles. The van der Waals surface area contributed by atoms with Crippen LogP contribution in [0.5, 0.6) is 0 Å². The van der Waals surface area contributed by atoms with Crippen LogP contribution in [-0.2, 0) is 0 Å². The summed E-state index contributed by atoms with van der Waals surface area (Å²) in [7, 11) is 0. The molecule has 0 spiro atoms. The highest BCUT2D eigenvalue weighted by Gasteiger charge is 2.03. The van der Waals surface area contributed by atoms with Crippen molar-refractivity contribution in [3.05, 3.63) is 6.92 Å². The number of rotatable bonds is 2. The van der Waals surface area contributed by atoms with E-state index in [1.54, 1.807) is 11.2 Å².